The van der Waals surface area contributed by atoms with E-state index < -0.39 is 0 Å². The van der Waals surface area contributed by atoms with E-state index in [2.05, 4.69) is 37.7 Å². The number of hydrogen-bond donors (Lipinski definition) is 1. The quantitative estimate of drug-likeness (QED) is 0.857. The minimum Gasteiger partial charge on any atom is -0.310 e. The Balaban J connectivity index is 1.77. The Bertz CT molecular complexity index is 537. The van der Waals surface area contributed by atoms with E-state index >= 15 is 0 Å². The monoisotopic (exact) mass is 313 g/mol. The predicted molar refractivity (Wildman–Crippen MR) is 72.2 cm³/mol. The molecule has 0 fully saturated rings. The van der Waals surface area contributed by atoms with E-state index in [1.165, 1.54) is 17.1 Å². The van der Waals surface area contributed by atoms with Gasteiger partial charge in [0.1, 0.15) is 0 Å². The average Bonchev–Trinajstić information content (AvgIpc) is 2.73. The summed E-state index contributed by atoms with van der Waals surface area (Å²) in [6.45, 7) is 2.21. The fraction of sp³-hybridized carbons (Fsp3) is 0.273. The molecule has 0 bridgehead atoms. The number of nitrogens with one attached hydrogen (secondary N) is 1. The van der Waals surface area contributed by atoms with Gasteiger partial charge in [-0.3, -0.25) is 9.36 Å². The third kappa shape index (κ3) is 3.76. The second-order valence-electron chi connectivity index (χ2n) is 3.52. The van der Waals surface area contributed by atoms with Crippen LogP contribution < -0.4 is 10.9 Å². The molecule has 0 aromatic carbocycles. The molecule has 17 heavy (non-hydrogen) atoms. The van der Waals surface area contributed by atoms with Gasteiger partial charge < -0.3 is 5.32 Å². The first-order valence-corrected chi connectivity index (χ1v) is 6.87. The molecular formula is C11H12BrN3OS. The summed E-state index contributed by atoms with van der Waals surface area (Å²) in [7, 11) is 0. The molecule has 0 radical (unpaired) electrons. The van der Waals surface area contributed by atoms with E-state index in [4.69, 9.17) is 0 Å². The van der Waals surface area contributed by atoms with Crippen molar-refractivity contribution in [1.29, 1.82) is 0 Å². The average molecular weight is 314 g/mol. The molecule has 2 aromatic rings. The highest BCUT2D eigenvalue weighted by Gasteiger charge is 1.97. The van der Waals surface area contributed by atoms with Crippen molar-refractivity contribution in [2.45, 2.75) is 13.1 Å². The molecule has 0 aliphatic rings. The third-order valence-electron chi connectivity index (χ3n) is 2.24. The van der Waals surface area contributed by atoms with Gasteiger partial charge in [-0.2, -0.15) is 0 Å². The van der Waals surface area contributed by atoms with E-state index in [1.807, 2.05) is 0 Å². The van der Waals surface area contributed by atoms with Crippen LogP contribution in [0.3, 0.4) is 0 Å². The first kappa shape index (κ1) is 12.5. The number of halogens is 1. The van der Waals surface area contributed by atoms with Crippen LogP contribution in [0.25, 0.3) is 0 Å². The van der Waals surface area contributed by atoms with Crippen LogP contribution in [-0.4, -0.2) is 16.1 Å². The summed E-state index contributed by atoms with van der Waals surface area (Å²) in [5.74, 6) is 0. The van der Waals surface area contributed by atoms with Gasteiger partial charge in [0, 0.05) is 46.6 Å². The summed E-state index contributed by atoms with van der Waals surface area (Å²) in [5.41, 5.74) is -0.0133. The SMILES string of the molecule is O=c1ccncn1CCNCc1cc(Br)cs1. The van der Waals surface area contributed by atoms with Crippen LogP contribution in [0.15, 0.2) is 39.3 Å². The molecule has 0 saturated heterocycles. The van der Waals surface area contributed by atoms with Crippen LogP contribution >= 0.6 is 27.3 Å². The molecule has 2 heterocycles. The summed E-state index contributed by atoms with van der Waals surface area (Å²) in [4.78, 5) is 16.6. The van der Waals surface area contributed by atoms with Crippen molar-refractivity contribution < 1.29 is 0 Å². The normalized spacial score (nSPS) is 10.6. The summed E-state index contributed by atoms with van der Waals surface area (Å²) in [6, 6.07) is 3.56. The van der Waals surface area contributed by atoms with E-state index in [0.29, 0.717) is 6.54 Å². The zero-order valence-corrected chi connectivity index (χ0v) is 11.5. The van der Waals surface area contributed by atoms with Crippen molar-refractivity contribution >= 4 is 27.3 Å². The smallest absolute Gasteiger partial charge is 0.253 e. The van der Waals surface area contributed by atoms with E-state index in [1.54, 1.807) is 22.2 Å². The molecule has 0 atom stereocenters. The van der Waals surface area contributed by atoms with Crippen molar-refractivity contribution in [1.82, 2.24) is 14.9 Å². The van der Waals surface area contributed by atoms with Gasteiger partial charge in [-0.15, -0.1) is 11.3 Å². The molecular weight excluding hydrogens is 302 g/mol. The maximum Gasteiger partial charge on any atom is 0.253 e. The van der Waals surface area contributed by atoms with Crippen LogP contribution in [0, 0.1) is 0 Å². The van der Waals surface area contributed by atoms with E-state index in [0.717, 1.165) is 17.6 Å². The first-order valence-electron chi connectivity index (χ1n) is 5.20. The minimum atomic E-state index is -0.0133. The van der Waals surface area contributed by atoms with Gasteiger partial charge >= 0.3 is 0 Å². The Kier molecular flexibility index (Phi) is 4.47. The van der Waals surface area contributed by atoms with E-state index in [9.17, 15) is 4.79 Å². The highest BCUT2D eigenvalue weighted by Crippen LogP contribution is 2.19. The molecule has 2 rings (SSSR count). The van der Waals surface area contributed by atoms with E-state index in [-0.39, 0.29) is 5.56 Å². The predicted octanol–water partition coefficient (Wildman–Crippen LogP) is 1.86. The summed E-state index contributed by atoms with van der Waals surface area (Å²) >= 11 is 5.12. The highest BCUT2D eigenvalue weighted by molar-refractivity contribution is 9.10. The standard InChI is InChI=1S/C11H12BrN3OS/c12-9-5-10(17-7-9)6-13-3-4-15-8-14-2-1-11(15)16/h1-2,5,7-8,13H,3-4,6H2. The topological polar surface area (TPSA) is 46.9 Å². The Morgan fingerprint density at radius 1 is 1.53 bits per heavy atom. The van der Waals surface area contributed by atoms with Crippen molar-refractivity contribution in [3.63, 3.8) is 0 Å². The molecule has 0 saturated carbocycles. The summed E-state index contributed by atoms with van der Waals surface area (Å²) < 4.78 is 2.71. The molecule has 0 aliphatic heterocycles. The second-order valence-corrected chi connectivity index (χ2v) is 5.43. The molecule has 6 heteroatoms. The largest absolute Gasteiger partial charge is 0.310 e. The minimum absolute atomic E-state index is 0.0133. The van der Waals surface area contributed by atoms with Gasteiger partial charge in [0.25, 0.3) is 5.56 Å². The van der Waals surface area contributed by atoms with Crippen molar-refractivity contribution in [3.8, 4) is 0 Å². The maximum absolute atomic E-state index is 11.4. The van der Waals surface area contributed by atoms with Gasteiger partial charge in [-0.25, -0.2) is 4.98 Å². The fourth-order valence-electron chi connectivity index (χ4n) is 1.40. The van der Waals surface area contributed by atoms with Crippen LogP contribution in [-0.2, 0) is 13.1 Å². The van der Waals surface area contributed by atoms with Crippen molar-refractivity contribution in [2.75, 3.05) is 6.54 Å². The van der Waals surface area contributed by atoms with Crippen molar-refractivity contribution in [3.05, 3.63) is 49.7 Å². The molecule has 1 N–H and O–H groups in total. The Labute approximate surface area is 111 Å². The van der Waals surface area contributed by atoms with Gasteiger partial charge in [0.15, 0.2) is 0 Å². The van der Waals surface area contributed by atoms with Gasteiger partial charge in [0.2, 0.25) is 0 Å². The Morgan fingerprint density at radius 3 is 3.12 bits per heavy atom. The Morgan fingerprint density at radius 2 is 2.41 bits per heavy atom. The van der Waals surface area contributed by atoms with Crippen LogP contribution in [0.1, 0.15) is 4.88 Å². The summed E-state index contributed by atoms with van der Waals surface area (Å²) in [6.07, 6.45) is 3.07. The van der Waals surface area contributed by atoms with Gasteiger partial charge in [-0.1, -0.05) is 0 Å². The van der Waals surface area contributed by atoms with Crippen molar-refractivity contribution in [2.24, 2.45) is 0 Å². The molecule has 4 nitrogen and oxygen atoms in total. The number of nitrogens with zero attached hydrogens (tertiary/aromatic N) is 2. The maximum atomic E-state index is 11.4. The fourth-order valence-corrected chi connectivity index (χ4v) is 2.82. The van der Waals surface area contributed by atoms with Gasteiger partial charge in [0.05, 0.1) is 6.33 Å². The first-order chi connectivity index (χ1) is 8.25. The third-order valence-corrected chi connectivity index (χ3v) is 3.94. The number of aromatic nitrogens is 2. The molecule has 0 spiro atoms. The second kappa shape index (κ2) is 6.09. The number of rotatable bonds is 5. The van der Waals surface area contributed by atoms with Gasteiger partial charge in [-0.05, 0) is 22.0 Å². The van der Waals surface area contributed by atoms with Crippen LogP contribution in [0.5, 0.6) is 0 Å². The lowest BCUT2D eigenvalue weighted by molar-refractivity contribution is 0.580. The highest BCUT2D eigenvalue weighted by atomic mass is 79.9. The summed E-state index contributed by atoms with van der Waals surface area (Å²) in [5, 5.41) is 5.35. The molecule has 0 aliphatic carbocycles. The zero-order chi connectivity index (χ0) is 12.1. The lowest BCUT2D eigenvalue weighted by Gasteiger charge is -2.05. The number of hydrogen-bond acceptors (Lipinski definition) is 4. The lowest BCUT2D eigenvalue weighted by Crippen LogP contribution is -2.26. The molecule has 2 aromatic heterocycles. The van der Waals surface area contributed by atoms with Crippen LogP contribution in [0.2, 0.25) is 0 Å². The zero-order valence-electron chi connectivity index (χ0n) is 9.10. The number of thiophene rings is 1. The van der Waals surface area contributed by atoms with Crippen LogP contribution in [0.4, 0.5) is 0 Å². The molecule has 0 unspecified atom stereocenters. The lowest BCUT2D eigenvalue weighted by atomic mass is 10.4. The molecule has 0 amide bonds. The molecule has 90 valence electrons. The Hall–Kier alpha value is -0.980.